The molecule has 1 heterocycles. The van der Waals surface area contributed by atoms with E-state index in [1.807, 2.05) is 0 Å². The van der Waals surface area contributed by atoms with Crippen molar-refractivity contribution in [2.24, 2.45) is 0 Å². The molecule has 0 aliphatic rings. The first kappa shape index (κ1) is 8.98. The molecule has 1 aromatic rings. The van der Waals surface area contributed by atoms with Crippen molar-refractivity contribution in [2.45, 2.75) is 0 Å². The summed E-state index contributed by atoms with van der Waals surface area (Å²) < 4.78 is 0. The summed E-state index contributed by atoms with van der Waals surface area (Å²) >= 11 is 0. The first-order chi connectivity index (χ1) is 6.13. The molecule has 6 nitrogen and oxygen atoms in total. The van der Waals surface area contributed by atoms with E-state index in [9.17, 15) is 9.59 Å². The van der Waals surface area contributed by atoms with Gasteiger partial charge in [0.15, 0.2) is 0 Å². The number of amides is 2. The van der Waals surface area contributed by atoms with E-state index in [0.717, 1.165) is 0 Å². The number of carboxylic acid groups (broad SMARTS) is 2. The molecule has 0 spiro atoms. The van der Waals surface area contributed by atoms with Gasteiger partial charge in [-0.25, -0.2) is 14.6 Å². The van der Waals surface area contributed by atoms with E-state index >= 15 is 0 Å². The normalized spacial score (nSPS) is 9.23. The van der Waals surface area contributed by atoms with Crippen molar-refractivity contribution < 1.29 is 19.8 Å². The number of pyridine rings is 1. The number of carbonyl (C=O) groups is 2. The molecule has 0 saturated heterocycles. The number of anilines is 1. The van der Waals surface area contributed by atoms with Gasteiger partial charge in [-0.15, -0.1) is 0 Å². The van der Waals surface area contributed by atoms with Gasteiger partial charge in [0.2, 0.25) is 0 Å². The second kappa shape index (κ2) is 3.53. The van der Waals surface area contributed by atoms with E-state index < -0.39 is 12.2 Å². The van der Waals surface area contributed by atoms with E-state index in [1.54, 1.807) is 6.07 Å². The SMILES string of the molecule is O=C(O)N(C(=O)O)c1ccccn1. The summed E-state index contributed by atoms with van der Waals surface area (Å²) in [6, 6.07) is 4.36. The lowest BCUT2D eigenvalue weighted by atomic mass is 10.4. The van der Waals surface area contributed by atoms with Crippen LogP contribution in [0.5, 0.6) is 0 Å². The summed E-state index contributed by atoms with van der Waals surface area (Å²) in [4.78, 5) is 24.6. The predicted molar refractivity (Wildman–Crippen MR) is 42.8 cm³/mol. The van der Waals surface area contributed by atoms with Crippen molar-refractivity contribution >= 4 is 18.0 Å². The van der Waals surface area contributed by atoms with Gasteiger partial charge >= 0.3 is 12.2 Å². The quantitative estimate of drug-likeness (QED) is 0.681. The van der Waals surface area contributed by atoms with Gasteiger partial charge in [0.1, 0.15) is 5.82 Å². The number of imide groups is 1. The molecule has 1 rings (SSSR count). The van der Waals surface area contributed by atoms with Crippen LogP contribution in [0.25, 0.3) is 0 Å². The smallest absolute Gasteiger partial charge is 0.422 e. The Kier molecular flexibility index (Phi) is 2.44. The summed E-state index contributed by atoms with van der Waals surface area (Å²) in [7, 11) is 0. The minimum Gasteiger partial charge on any atom is -0.464 e. The Labute approximate surface area is 73.1 Å². The Morgan fingerprint density at radius 1 is 1.23 bits per heavy atom. The number of aromatic nitrogens is 1. The van der Waals surface area contributed by atoms with Crippen LogP contribution in [0.1, 0.15) is 0 Å². The summed E-state index contributed by atoms with van der Waals surface area (Å²) in [6.45, 7) is 0. The second-order valence-electron chi connectivity index (χ2n) is 2.09. The third-order valence-electron chi connectivity index (χ3n) is 1.26. The van der Waals surface area contributed by atoms with Gasteiger partial charge in [-0.1, -0.05) is 6.07 Å². The first-order valence-corrected chi connectivity index (χ1v) is 3.30. The zero-order valence-electron chi connectivity index (χ0n) is 6.41. The van der Waals surface area contributed by atoms with E-state index in [-0.39, 0.29) is 10.7 Å². The van der Waals surface area contributed by atoms with Crippen LogP contribution in [-0.2, 0) is 0 Å². The molecule has 0 aliphatic heterocycles. The Balaban J connectivity index is 3.03. The zero-order chi connectivity index (χ0) is 9.84. The minimum atomic E-state index is -1.58. The predicted octanol–water partition coefficient (Wildman–Crippen LogP) is 1.24. The van der Waals surface area contributed by atoms with Gasteiger partial charge in [-0.2, -0.15) is 4.90 Å². The van der Waals surface area contributed by atoms with Crippen molar-refractivity contribution in [2.75, 3.05) is 4.90 Å². The molecule has 0 atom stereocenters. The van der Waals surface area contributed by atoms with Crippen molar-refractivity contribution in [3.05, 3.63) is 24.4 Å². The first-order valence-electron chi connectivity index (χ1n) is 3.30. The maximum Gasteiger partial charge on any atom is 0.422 e. The fourth-order valence-corrected chi connectivity index (χ4v) is 0.764. The van der Waals surface area contributed by atoms with Gasteiger partial charge < -0.3 is 10.2 Å². The number of nitrogens with zero attached hydrogens (tertiary/aromatic N) is 2. The van der Waals surface area contributed by atoms with Crippen LogP contribution in [0, 0.1) is 0 Å². The van der Waals surface area contributed by atoms with Gasteiger partial charge in [0, 0.05) is 6.20 Å². The van der Waals surface area contributed by atoms with Crippen LogP contribution in [0.4, 0.5) is 15.4 Å². The topological polar surface area (TPSA) is 90.7 Å². The van der Waals surface area contributed by atoms with E-state index in [1.165, 1.54) is 18.3 Å². The molecule has 6 heteroatoms. The standard InChI is InChI=1S/C7H6N2O4/c10-6(11)9(7(12)13)5-3-1-2-4-8-5/h1-4H,(H,10,11)(H,12,13). The molecule has 13 heavy (non-hydrogen) atoms. The highest BCUT2D eigenvalue weighted by molar-refractivity contribution is 6.06. The summed E-state index contributed by atoms with van der Waals surface area (Å²) in [5.41, 5.74) is 0. The van der Waals surface area contributed by atoms with Crippen LogP contribution >= 0.6 is 0 Å². The highest BCUT2D eigenvalue weighted by Gasteiger charge is 2.22. The lowest BCUT2D eigenvalue weighted by molar-refractivity contribution is 0.184. The molecule has 68 valence electrons. The fourth-order valence-electron chi connectivity index (χ4n) is 0.764. The molecular weight excluding hydrogens is 176 g/mol. The largest absolute Gasteiger partial charge is 0.464 e. The Bertz CT molecular complexity index is 311. The van der Waals surface area contributed by atoms with Crippen molar-refractivity contribution in [1.82, 2.24) is 4.98 Å². The van der Waals surface area contributed by atoms with E-state index in [2.05, 4.69) is 4.98 Å². The third kappa shape index (κ3) is 1.92. The molecule has 2 amide bonds. The Morgan fingerprint density at radius 3 is 2.23 bits per heavy atom. The highest BCUT2D eigenvalue weighted by Crippen LogP contribution is 2.09. The minimum absolute atomic E-state index is 0.137. The Hall–Kier alpha value is -2.11. The van der Waals surface area contributed by atoms with Gasteiger partial charge in [-0.3, -0.25) is 0 Å². The van der Waals surface area contributed by atoms with E-state index in [0.29, 0.717) is 0 Å². The van der Waals surface area contributed by atoms with Crippen molar-refractivity contribution in [3.8, 4) is 0 Å². The van der Waals surface area contributed by atoms with Crippen LogP contribution < -0.4 is 4.90 Å². The maximum absolute atomic E-state index is 10.4. The van der Waals surface area contributed by atoms with E-state index in [4.69, 9.17) is 10.2 Å². The summed E-state index contributed by atoms with van der Waals surface area (Å²) in [6.07, 6.45) is -1.84. The summed E-state index contributed by atoms with van der Waals surface area (Å²) in [5.74, 6) is -0.137. The van der Waals surface area contributed by atoms with Crippen LogP contribution in [0.15, 0.2) is 24.4 Å². The Morgan fingerprint density at radius 2 is 1.85 bits per heavy atom. The van der Waals surface area contributed by atoms with Crippen LogP contribution in [-0.4, -0.2) is 27.4 Å². The lowest BCUT2D eigenvalue weighted by Gasteiger charge is -2.10. The molecule has 0 radical (unpaired) electrons. The molecule has 0 bridgehead atoms. The molecule has 0 saturated carbocycles. The van der Waals surface area contributed by atoms with Gasteiger partial charge in [0.25, 0.3) is 0 Å². The molecule has 0 aliphatic carbocycles. The second-order valence-corrected chi connectivity index (χ2v) is 2.09. The maximum atomic E-state index is 10.4. The molecule has 0 unspecified atom stereocenters. The van der Waals surface area contributed by atoms with Gasteiger partial charge in [-0.05, 0) is 12.1 Å². The molecule has 2 N–H and O–H groups in total. The zero-order valence-corrected chi connectivity index (χ0v) is 6.41. The monoisotopic (exact) mass is 182 g/mol. The number of rotatable bonds is 1. The third-order valence-corrected chi connectivity index (χ3v) is 1.26. The lowest BCUT2D eigenvalue weighted by Crippen LogP contribution is -2.34. The molecule has 1 aromatic heterocycles. The molecule has 0 aromatic carbocycles. The fraction of sp³-hybridized carbons (Fsp3) is 0. The number of hydrogen-bond donors (Lipinski definition) is 2. The highest BCUT2D eigenvalue weighted by atomic mass is 16.4. The van der Waals surface area contributed by atoms with Crippen LogP contribution in [0.3, 0.4) is 0 Å². The van der Waals surface area contributed by atoms with Crippen molar-refractivity contribution in [3.63, 3.8) is 0 Å². The van der Waals surface area contributed by atoms with Crippen LogP contribution in [0.2, 0.25) is 0 Å². The molecule has 0 fully saturated rings. The average molecular weight is 182 g/mol. The molecular formula is C7H6N2O4. The van der Waals surface area contributed by atoms with Gasteiger partial charge in [0.05, 0.1) is 0 Å². The summed E-state index contributed by atoms with van der Waals surface area (Å²) in [5, 5.41) is 17.0. The average Bonchev–Trinajstić information content (AvgIpc) is 2.04. The van der Waals surface area contributed by atoms with Crippen molar-refractivity contribution in [1.29, 1.82) is 0 Å². The number of hydrogen-bond acceptors (Lipinski definition) is 3.